The van der Waals surface area contributed by atoms with Crippen molar-refractivity contribution >= 4 is 40.4 Å². The number of amides is 1. The van der Waals surface area contributed by atoms with Crippen LogP contribution in [-0.4, -0.2) is 29.1 Å². The minimum absolute atomic E-state index is 0.120. The topological polar surface area (TPSA) is 103 Å². The molecule has 0 bridgehead atoms. The van der Waals surface area contributed by atoms with E-state index in [1.54, 1.807) is 35.2 Å². The molecule has 5 rings (SSSR count). The fraction of sp³-hybridized carbons (Fsp3) is 0.0800. The molecule has 4 aromatic rings. The number of hydrazine groups is 2. The first-order valence-corrected chi connectivity index (χ1v) is 12.2. The van der Waals surface area contributed by atoms with Crippen molar-refractivity contribution in [1.82, 2.24) is 25.8 Å². The molecule has 4 N–H and O–H groups in total. The Bertz CT molecular complexity index is 1500. The summed E-state index contributed by atoms with van der Waals surface area (Å²) in [6.45, 7) is 0.295. The Kier molecular flexibility index (Phi) is 6.72. The molecule has 9 nitrogen and oxygen atoms in total. The Morgan fingerprint density at radius 1 is 1.14 bits per heavy atom. The molecule has 3 aromatic heterocycles. The number of benzene rings is 1. The summed E-state index contributed by atoms with van der Waals surface area (Å²) in [5, 5.41) is 7.73. The van der Waals surface area contributed by atoms with E-state index in [0.29, 0.717) is 15.8 Å². The van der Waals surface area contributed by atoms with Gasteiger partial charge in [-0.1, -0.05) is 17.7 Å². The molecular weight excluding hydrogens is 498 g/mol. The molecule has 4 heterocycles. The van der Waals surface area contributed by atoms with Gasteiger partial charge in [-0.05, 0) is 48.5 Å². The van der Waals surface area contributed by atoms with Crippen LogP contribution in [0.4, 0.5) is 11.5 Å². The molecule has 1 amide bonds. The Morgan fingerprint density at radius 2 is 2.03 bits per heavy atom. The first-order valence-electron chi connectivity index (χ1n) is 11.0. The number of aromatic nitrogens is 2. The van der Waals surface area contributed by atoms with Gasteiger partial charge in [0.2, 0.25) is 0 Å². The molecule has 1 aliphatic heterocycles. The third-order valence-corrected chi connectivity index (χ3v) is 6.76. The second kappa shape index (κ2) is 10.2. The van der Waals surface area contributed by atoms with E-state index in [1.165, 1.54) is 17.4 Å². The minimum atomic E-state index is -0.193. The molecule has 0 saturated heterocycles. The normalized spacial score (nSPS) is 12.7. The van der Waals surface area contributed by atoms with Crippen molar-refractivity contribution in [2.75, 3.05) is 23.9 Å². The predicted molar refractivity (Wildman–Crippen MR) is 143 cm³/mol. The average molecular weight is 520 g/mol. The van der Waals surface area contributed by atoms with E-state index in [-0.39, 0.29) is 11.5 Å². The molecule has 0 unspecified atom stereocenters. The van der Waals surface area contributed by atoms with Gasteiger partial charge in [0, 0.05) is 48.5 Å². The Labute approximate surface area is 216 Å². The molecular formula is C25H22ClN7O2S. The van der Waals surface area contributed by atoms with Crippen LogP contribution in [0, 0.1) is 0 Å². The smallest absolute Gasteiger partial charge is 0.261 e. The quantitative estimate of drug-likeness (QED) is 0.295. The SMILES string of the molecule is CNc1ccc(-c2cc(-n3ccccc3=O)ccc2N2C=C(CNC(=O)c3ccc(Cl)s3)NN2)cn1. The first-order chi connectivity index (χ1) is 17.5. The maximum atomic E-state index is 12.4. The highest BCUT2D eigenvalue weighted by molar-refractivity contribution is 7.18. The van der Waals surface area contributed by atoms with Crippen molar-refractivity contribution in [3.63, 3.8) is 0 Å². The molecule has 0 radical (unpaired) electrons. The summed E-state index contributed by atoms with van der Waals surface area (Å²) in [5.41, 5.74) is 10.2. The maximum Gasteiger partial charge on any atom is 0.261 e. The number of thiophene rings is 1. The first kappa shape index (κ1) is 23.6. The van der Waals surface area contributed by atoms with Gasteiger partial charge in [-0.2, -0.15) is 0 Å². The van der Waals surface area contributed by atoms with Crippen LogP contribution in [0.2, 0.25) is 4.34 Å². The number of anilines is 2. The Morgan fingerprint density at radius 3 is 2.75 bits per heavy atom. The van der Waals surface area contributed by atoms with Crippen molar-refractivity contribution in [2.24, 2.45) is 0 Å². The minimum Gasteiger partial charge on any atom is -0.373 e. The molecule has 0 aliphatic carbocycles. The Balaban J connectivity index is 1.44. The zero-order valence-electron chi connectivity index (χ0n) is 19.2. The second-order valence-corrected chi connectivity index (χ2v) is 9.56. The summed E-state index contributed by atoms with van der Waals surface area (Å²) < 4.78 is 2.16. The van der Waals surface area contributed by atoms with Crippen molar-refractivity contribution < 1.29 is 4.79 Å². The highest BCUT2D eigenvalue weighted by atomic mass is 35.5. The van der Waals surface area contributed by atoms with Crippen molar-refractivity contribution in [1.29, 1.82) is 0 Å². The number of rotatable bonds is 7. The summed E-state index contributed by atoms with van der Waals surface area (Å²) >= 11 is 7.16. The number of nitrogens with zero attached hydrogens (tertiary/aromatic N) is 3. The van der Waals surface area contributed by atoms with Gasteiger partial charge in [0.05, 0.1) is 27.1 Å². The largest absolute Gasteiger partial charge is 0.373 e. The van der Waals surface area contributed by atoms with Crippen molar-refractivity contribution in [3.8, 4) is 16.8 Å². The van der Waals surface area contributed by atoms with Gasteiger partial charge < -0.3 is 16.1 Å². The van der Waals surface area contributed by atoms with Crippen LogP contribution in [0.15, 0.2) is 89.7 Å². The number of carbonyl (C=O) groups is 1. The molecule has 1 aliphatic rings. The van der Waals surface area contributed by atoms with Gasteiger partial charge in [0.15, 0.2) is 0 Å². The average Bonchev–Trinajstić information content (AvgIpc) is 3.56. The standard InChI is InChI=1S/C25H22ClN7O2S/c1-27-23-10-5-16(13-28-23)19-12-18(32-11-3-2-4-24(32)34)6-7-20(19)33-15-17(30-31-33)14-29-25(35)21-8-9-22(26)36-21/h2-13,15,30-31H,14H2,1H3,(H,27,28)(H,29,35). The molecule has 0 fully saturated rings. The van der Waals surface area contributed by atoms with Crippen LogP contribution in [0.25, 0.3) is 16.8 Å². The summed E-state index contributed by atoms with van der Waals surface area (Å²) in [4.78, 5) is 29.8. The van der Waals surface area contributed by atoms with Crippen molar-refractivity contribution in [2.45, 2.75) is 0 Å². The molecule has 0 saturated carbocycles. The summed E-state index contributed by atoms with van der Waals surface area (Å²) in [6, 6.07) is 18.1. The van der Waals surface area contributed by atoms with E-state index >= 15 is 0 Å². The van der Waals surface area contributed by atoms with Gasteiger partial charge in [-0.3, -0.25) is 19.2 Å². The third kappa shape index (κ3) is 4.96. The van der Waals surface area contributed by atoms with Crippen molar-refractivity contribution in [3.05, 3.63) is 105 Å². The van der Waals surface area contributed by atoms with Crippen LogP contribution in [0.1, 0.15) is 9.67 Å². The molecule has 11 heteroatoms. The number of nitrogens with one attached hydrogen (secondary N) is 4. The molecule has 182 valence electrons. The number of hydrogen-bond acceptors (Lipinski definition) is 8. The van der Waals surface area contributed by atoms with E-state index in [1.807, 2.05) is 54.7 Å². The van der Waals surface area contributed by atoms with Gasteiger partial charge in [-0.15, -0.1) is 16.9 Å². The van der Waals surface area contributed by atoms with Gasteiger partial charge in [-0.25, -0.2) is 4.98 Å². The lowest BCUT2D eigenvalue weighted by Crippen LogP contribution is -2.38. The van der Waals surface area contributed by atoms with Crippen LogP contribution in [-0.2, 0) is 0 Å². The second-order valence-electron chi connectivity index (χ2n) is 7.84. The number of halogens is 1. The Hall–Kier alpha value is -4.12. The monoisotopic (exact) mass is 519 g/mol. The zero-order valence-corrected chi connectivity index (χ0v) is 20.7. The molecule has 36 heavy (non-hydrogen) atoms. The van der Waals surface area contributed by atoms with Gasteiger partial charge in [0.1, 0.15) is 5.82 Å². The number of pyridine rings is 2. The highest BCUT2D eigenvalue weighted by Crippen LogP contribution is 2.33. The zero-order chi connectivity index (χ0) is 25.1. The lowest BCUT2D eigenvalue weighted by molar-refractivity contribution is 0.0960. The summed E-state index contributed by atoms with van der Waals surface area (Å²) in [5.74, 6) is 0.559. The van der Waals surface area contributed by atoms with Crippen LogP contribution in [0.3, 0.4) is 0 Å². The fourth-order valence-electron chi connectivity index (χ4n) is 3.73. The molecule has 1 aromatic carbocycles. The fourth-order valence-corrected chi connectivity index (χ4v) is 4.69. The lowest BCUT2D eigenvalue weighted by Gasteiger charge is -2.20. The molecule has 0 spiro atoms. The summed E-state index contributed by atoms with van der Waals surface area (Å²) in [6.07, 6.45) is 5.38. The molecule has 0 atom stereocenters. The van der Waals surface area contributed by atoms with E-state index in [4.69, 9.17) is 11.6 Å². The maximum absolute atomic E-state index is 12.4. The van der Waals surface area contributed by atoms with E-state index < -0.39 is 0 Å². The van der Waals surface area contributed by atoms with Crippen LogP contribution < -0.4 is 32.2 Å². The van der Waals surface area contributed by atoms with E-state index in [0.717, 1.165) is 34.0 Å². The summed E-state index contributed by atoms with van der Waals surface area (Å²) in [7, 11) is 1.81. The number of hydrogen-bond donors (Lipinski definition) is 4. The van der Waals surface area contributed by atoms with Gasteiger partial charge in [0.25, 0.3) is 11.5 Å². The third-order valence-electron chi connectivity index (χ3n) is 5.53. The van der Waals surface area contributed by atoms with Gasteiger partial charge >= 0.3 is 0 Å². The number of carbonyl (C=O) groups excluding carboxylic acids is 1. The highest BCUT2D eigenvalue weighted by Gasteiger charge is 2.19. The van der Waals surface area contributed by atoms with E-state index in [2.05, 4.69) is 26.6 Å². The van der Waals surface area contributed by atoms with Crippen LogP contribution >= 0.6 is 22.9 Å². The predicted octanol–water partition coefficient (Wildman–Crippen LogP) is 3.76. The van der Waals surface area contributed by atoms with Crippen LogP contribution in [0.5, 0.6) is 0 Å². The van der Waals surface area contributed by atoms with E-state index in [9.17, 15) is 9.59 Å². The lowest BCUT2D eigenvalue weighted by atomic mass is 10.0.